The number of amides is 1. The summed E-state index contributed by atoms with van der Waals surface area (Å²) in [4.78, 5) is 25.3. The van der Waals surface area contributed by atoms with Gasteiger partial charge in [0.25, 0.3) is 5.91 Å². The molecule has 0 saturated carbocycles. The molecule has 7 nitrogen and oxygen atoms in total. The average molecular weight is 452 g/mol. The zero-order valence-electron chi connectivity index (χ0n) is 18.0. The zero-order valence-corrected chi connectivity index (χ0v) is 18.8. The van der Waals surface area contributed by atoms with Gasteiger partial charge in [-0.1, -0.05) is 43.3 Å². The van der Waals surface area contributed by atoms with E-state index in [1.165, 1.54) is 18.0 Å². The van der Waals surface area contributed by atoms with Crippen LogP contribution in [0, 0.1) is 11.3 Å². The summed E-state index contributed by atoms with van der Waals surface area (Å²) >= 11 is 1.18. The van der Waals surface area contributed by atoms with E-state index >= 15 is 0 Å². The molecule has 2 aromatic rings. The highest BCUT2D eigenvalue weighted by Gasteiger charge is 2.36. The molecule has 0 spiro atoms. The number of dihydropyridines is 1. The average Bonchev–Trinajstić information content (AvgIpc) is 3.32. The molecule has 2 heterocycles. The normalized spacial score (nSPS) is 15.7. The molecular weight excluding hydrogens is 426 g/mol. The number of carbonyl (C=O) groups excluding carboxylic acids is 2. The molecule has 0 fully saturated rings. The first-order valence-corrected chi connectivity index (χ1v) is 11.3. The van der Waals surface area contributed by atoms with Crippen LogP contribution in [0.4, 0.5) is 5.69 Å². The highest BCUT2D eigenvalue weighted by atomic mass is 32.2. The predicted octanol–water partition coefficient (Wildman–Crippen LogP) is 4.69. The second-order valence-electron chi connectivity index (χ2n) is 7.15. The number of para-hydroxylation sites is 1. The molecule has 1 aromatic heterocycles. The summed E-state index contributed by atoms with van der Waals surface area (Å²) in [5.41, 5.74) is 1.93. The largest absolute Gasteiger partial charge is 0.468 e. The third-order valence-electron chi connectivity index (χ3n) is 4.85. The molecule has 0 bridgehead atoms. The quantitative estimate of drug-likeness (QED) is 0.421. The molecule has 0 unspecified atom stereocenters. The minimum Gasteiger partial charge on any atom is -0.468 e. The van der Waals surface area contributed by atoms with E-state index in [1.807, 2.05) is 25.1 Å². The van der Waals surface area contributed by atoms with Crippen molar-refractivity contribution in [3.63, 3.8) is 0 Å². The Bertz CT molecular complexity index is 1050. The van der Waals surface area contributed by atoms with Crippen molar-refractivity contribution in [3.05, 3.63) is 76.4 Å². The van der Waals surface area contributed by atoms with Crippen molar-refractivity contribution in [1.82, 2.24) is 5.32 Å². The molecule has 1 aliphatic heterocycles. The summed E-state index contributed by atoms with van der Waals surface area (Å²) in [5, 5.41) is 16.5. The number of carbonyl (C=O) groups is 2. The summed E-state index contributed by atoms with van der Waals surface area (Å²) in [5.74, 6) is -0.846. The Morgan fingerprint density at radius 3 is 2.69 bits per heavy atom. The maximum atomic E-state index is 13.2. The van der Waals surface area contributed by atoms with Gasteiger partial charge in [0.1, 0.15) is 5.76 Å². The lowest BCUT2D eigenvalue weighted by molar-refractivity contribution is -0.140. The van der Waals surface area contributed by atoms with Crippen molar-refractivity contribution >= 4 is 29.3 Å². The molecule has 1 atom stereocenters. The first-order chi connectivity index (χ1) is 15.5. The molecule has 3 rings (SSSR count). The van der Waals surface area contributed by atoms with Gasteiger partial charge in [-0.25, -0.2) is 0 Å². The Morgan fingerprint density at radius 2 is 2.03 bits per heavy atom. The predicted molar refractivity (Wildman–Crippen MR) is 123 cm³/mol. The maximum absolute atomic E-state index is 13.2. The van der Waals surface area contributed by atoms with Crippen molar-refractivity contribution in [2.45, 2.75) is 32.6 Å². The van der Waals surface area contributed by atoms with Crippen molar-refractivity contribution in [1.29, 1.82) is 5.26 Å². The molecule has 1 aliphatic rings. The molecule has 1 aromatic carbocycles. The van der Waals surface area contributed by atoms with Crippen LogP contribution in [-0.4, -0.2) is 24.2 Å². The van der Waals surface area contributed by atoms with Gasteiger partial charge in [-0.15, -0.1) is 0 Å². The van der Waals surface area contributed by atoms with E-state index in [0.717, 1.165) is 12.8 Å². The monoisotopic (exact) mass is 451 g/mol. The standard InChI is InChI=1S/C24H25N3O4S/c1-3-4-12-31-20(28)15-32-24-18(14-25)22(19-11-8-13-30-19)21(16(2)26-24)23(29)27-17-9-6-5-7-10-17/h5-11,13,22,26H,3-4,12,15H2,1-2H3,(H,27,29)/t22-/m1/s1. The van der Waals surface area contributed by atoms with Crippen LogP contribution in [0.5, 0.6) is 0 Å². The number of nitrogens with zero attached hydrogens (tertiary/aromatic N) is 1. The van der Waals surface area contributed by atoms with Crippen molar-refractivity contribution in [3.8, 4) is 6.07 Å². The number of hydrogen-bond acceptors (Lipinski definition) is 7. The van der Waals surface area contributed by atoms with Gasteiger partial charge in [-0.2, -0.15) is 5.26 Å². The van der Waals surface area contributed by atoms with Crippen LogP contribution in [0.2, 0.25) is 0 Å². The molecule has 0 radical (unpaired) electrons. The Balaban J connectivity index is 1.86. The van der Waals surface area contributed by atoms with E-state index in [2.05, 4.69) is 16.7 Å². The van der Waals surface area contributed by atoms with E-state index < -0.39 is 5.92 Å². The summed E-state index contributed by atoms with van der Waals surface area (Å²) in [6, 6.07) is 14.8. The lowest BCUT2D eigenvalue weighted by atomic mass is 9.85. The topological polar surface area (TPSA) is 104 Å². The van der Waals surface area contributed by atoms with Gasteiger partial charge in [-0.05, 0) is 37.6 Å². The van der Waals surface area contributed by atoms with E-state index in [-0.39, 0.29) is 17.6 Å². The highest BCUT2D eigenvalue weighted by molar-refractivity contribution is 8.03. The molecule has 0 saturated heterocycles. The van der Waals surface area contributed by atoms with E-state index in [1.54, 1.807) is 31.2 Å². The van der Waals surface area contributed by atoms with E-state index in [0.29, 0.717) is 39.9 Å². The van der Waals surface area contributed by atoms with Crippen LogP contribution in [0.15, 0.2) is 75.0 Å². The number of nitriles is 1. The second kappa shape index (κ2) is 11.3. The van der Waals surface area contributed by atoms with Gasteiger partial charge in [0.15, 0.2) is 0 Å². The van der Waals surface area contributed by atoms with Gasteiger partial charge in [0.05, 0.1) is 46.8 Å². The number of unbranched alkanes of at least 4 members (excludes halogenated alkanes) is 1. The van der Waals surface area contributed by atoms with Gasteiger partial charge in [-0.3, -0.25) is 9.59 Å². The van der Waals surface area contributed by atoms with Gasteiger partial charge in [0.2, 0.25) is 0 Å². The first kappa shape index (κ1) is 23.2. The number of hydrogen-bond donors (Lipinski definition) is 2. The third-order valence-corrected chi connectivity index (χ3v) is 5.84. The lowest BCUT2D eigenvalue weighted by Crippen LogP contribution is -2.30. The number of furan rings is 1. The number of benzene rings is 1. The van der Waals surface area contributed by atoms with E-state index in [9.17, 15) is 14.9 Å². The molecule has 8 heteroatoms. The van der Waals surface area contributed by atoms with Crippen LogP contribution >= 0.6 is 11.8 Å². The highest BCUT2D eigenvalue weighted by Crippen LogP contribution is 2.41. The number of nitrogens with one attached hydrogen (secondary N) is 2. The Morgan fingerprint density at radius 1 is 1.25 bits per heavy atom. The lowest BCUT2D eigenvalue weighted by Gasteiger charge is -2.28. The molecule has 1 amide bonds. The number of allylic oxidation sites excluding steroid dienone is 2. The molecular formula is C24H25N3O4S. The summed E-state index contributed by atoms with van der Waals surface area (Å²) in [6.45, 7) is 4.17. The number of esters is 1. The van der Waals surface area contributed by atoms with Crippen molar-refractivity contribution in [2.75, 3.05) is 17.7 Å². The first-order valence-electron chi connectivity index (χ1n) is 10.3. The number of thioether (sulfide) groups is 1. The van der Waals surface area contributed by atoms with Crippen LogP contribution in [0.1, 0.15) is 38.4 Å². The van der Waals surface area contributed by atoms with Crippen molar-refractivity contribution in [2.24, 2.45) is 0 Å². The van der Waals surface area contributed by atoms with Crippen LogP contribution in [0.3, 0.4) is 0 Å². The minimum atomic E-state index is -0.696. The number of ether oxygens (including phenoxy) is 1. The third kappa shape index (κ3) is 5.62. The fourth-order valence-electron chi connectivity index (χ4n) is 3.29. The van der Waals surface area contributed by atoms with E-state index in [4.69, 9.17) is 9.15 Å². The minimum absolute atomic E-state index is 0.0565. The van der Waals surface area contributed by atoms with Gasteiger partial charge < -0.3 is 19.8 Å². The smallest absolute Gasteiger partial charge is 0.316 e. The molecule has 166 valence electrons. The molecule has 2 N–H and O–H groups in total. The van der Waals surface area contributed by atoms with Crippen LogP contribution in [0.25, 0.3) is 0 Å². The molecule has 32 heavy (non-hydrogen) atoms. The number of rotatable bonds is 9. The van der Waals surface area contributed by atoms with Crippen LogP contribution in [-0.2, 0) is 14.3 Å². The second-order valence-corrected chi connectivity index (χ2v) is 8.14. The van der Waals surface area contributed by atoms with Gasteiger partial charge in [0, 0.05) is 11.4 Å². The maximum Gasteiger partial charge on any atom is 0.316 e. The summed E-state index contributed by atoms with van der Waals surface area (Å²) in [7, 11) is 0. The Kier molecular flexibility index (Phi) is 8.17. The fraction of sp³-hybridized carbons (Fsp3) is 0.292. The van der Waals surface area contributed by atoms with Crippen LogP contribution < -0.4 is 10.6 Å². The summed E-state index contributed by atoms with van der Waals surface area (Å²) in [6.07, 6.45) is 3.25. The zero-order chi connectivity index (χ0) is 22.9. The fourth-order valence-corrected chi connectivity index (χ4v) is 4.18. The Hall–Kier alpha value is -3.44. The Labute approximate surface area is 191 Å². The number of anilines is 1. The SMILES string of the molecule is CCCCOC(=O)CSC1=C(C#N)[C@H](c2ccco2)C(C(=O)Nc2ccccc2)=C(C)N1. The van der Waals surface area contributed by atoms with Crippen molar-refractivity contribution < 1.29 is 18.7 Å². The van der Waals surface area contributed by atoms with Gasteiger partial charge >= 0.3 is 5.97 Å². The summed E-state index contributed by atoms with van der Waals surface area (Å²) < 4.78 is 10.8. The molecule has 0 aliphatic carbocycles.